The summed E-state index contributed by atoms with van der Waals surface area (Å²) < 4.78 is 12.8. The van der Waals surface area contributed by atoms with Crippen molar-refractivity contribution in [3.8, 4) is 0 Å². The van der Waals surface area contributed by atoms with Crippen molar-refractivity contribution in [1.29, 1.82) is 0 Å². The SMILES string of the molecule is CON(C)C(=O)c1cnc(Cc2ccc(F)cc2)s1. The van der Waals surface area contributed by atoms with E-state index in [0.29, 0.717) is 11.3 Å². The monoisotopic (exact) mass is 280 g/mol. The first-order valence-corrected chi connectivity index (χ1v) is 6.43. The lowest BCUT2D eigenvalue weighted by atomic mass is 10.2. The zero-order valence-corrected chi connectivity index (χ0v) is 11.4. The first-order chi connectivity index (χ1) is 9.10. The summed E-state index contributed by atoms with van der Waals surface area (Å²) in [6, 6.07) is 6.24. The van der Waals surface area contributed by atoms with E-state index in [9.17, 15) is 9.18 Å². The Hall–Kier alpha value is -1.79. The van der Waals surface area contributed by atoms with Crippen LogP contribution in [0.25, 0.3) is 0 Å². The van der Waals surface area contributed by atoms with Crippen LogP contribution in [0, 0.1) is 5.82 Å². The molecule has 0 saturated carbocycles. The lowest BCUT2D eigenvalue weighted by Gasteiger charge is -2.11. The number of hydrogen-bond acceptors (Lipinski definition) is 4. The minimum Gasteiger partial charge on any atom is -0.274 e. The highest BCUT2D eigenvalue weighted by atomic mass is 32.1. The molecule has 0 atom stereocenters. The van der Waals surface area contributed by atoms with Crippen LogP contribution in [0.5, 0.6) is 0 Å². The Labute approximate surface area is 114 Å². The van der Waals surface area contributed by atoms with Crippen molar-refractivity contribution in [3.05, 3.63) is 51.7 Å². The molecule has 0 aliphatic heterocycles. The standard InChI is InChI=1S/C13H13FN2O2S/c1-16(18-2)13(17)11-8-15-12(19-11)7-9-3-5-10(14)6-4-9/h3-6,8H,7H2,1-2H3. The average molecular weight is 280 g/mol. The molecule has 0 unspecified atom stereocenters. The first kappa shape index (κ1) is 13.6. The zero-order chi connectivity index (χ0) is 13.8. The molecule has 0 aliphatic carbocycles. The molecule has 6 heteroatoms. The Balaban J connectivity index is 2.09. The van der Waals surface area contributed by atoms with E-state index in [1.54, 1.807) is 19.2 Å². The van der Waals surface area contributed by atoms with Gasteiger partial charge < -0.3 is 0 Å². The molecule has 0 spiro atoms. The number of carbonyl (C=O) groups excluding carboxylic acids is 1. The van der Waals surface area contributed by atoms with Crippen LogP contribution in [0.15, 0.2) is 30.5 Å². The van der Waals surface area contributed by atoms with Crippen molar-refractivity contribution in [1.82, 2.24) is 10.0 Å². The van der Waals surface area contributed by atoms with Gasteiger partial charge in [-0.25, -0.2) is 14.4 Å². The maximum Gasteiger partial charge on any atom is 0.288 e. The van der Waals surface area contributed by atoms with Crippen molar-refractivity contribution in [2.75, 3.05) is 14.2 Å². The zero-order valence-electron chi connectivity index (χ0n) is 10.6. The van der Waals surface area contributed by atoms with Gasteiger partial charge in [0.2, 0.25) is 0 Å². The van der Waals surface area contributed by atoms with Crippen LogP contribution in [-0.4, -0.2) is 30.1 Å². The van der Waals surface area contributed by atoms with E-state index in [2.05, 4.69) is 4.98 Å². The third kappa shape index (κ3) is 3.36. The lowest BCUT2D eigenvalue weighted by Crippen LogP contribution is -2.24. The van der Waals surface area contributed by atoms with Gasteiger partial charge in [0.15, 0.2) is 0 Å². The van der Waals surface area contributed by atoms with E-state index >= 15 is 0 Å². The second-order valence-corrected chi connectivity index (χ2v) is 5.02. The maximum absolute atomic E-state index is 12.8. The predicted molar refractivity (Wildman–Crippen MR) is 70.4 cm³/mol. The van der Waals surface area contributed by atoms with E-state index in [0.717, 1.165) is 15.6 Å². The third-order valence-electron chi connectivity index (χ3n) is 2.59. The molecule has 1 amide bonds. The summed E-state index contributed by atoms with van der Waals surface area (Å²) >= 11 is 1.31. The minimum absolute atomic E-state index is 0.231. The van der Waals surface area contributed by atoms with Crippen LogP contribution in [0.1, 0.15) is 20.2 Å². The van der Waals surface area contributed by atoms with Crippen LogP contribution in [0.4, 0.5) is 4.39 Å². The molecule has 19 heavy (non-hydrogen) atoms. The summed E-state index contributed by atoms with van der Waals surface area (Å²) in [4.78, 5) is 21.3. The highest BCUT2D eigenvalue weighted by Gasteiger charge is 2.15. The first-order valence-electron chi connectivity index (χ1n) is 5.61. The fourth-order valence-electron chi connectivity index (χ4n) is 1.51. The van der Waals surface area contributed by atoms with Crippen LogP contribution in [-0.2, 0) is 11.3 Å². The van der Waals surface area contributed by atoms with Crippen LogP contribution >= 0.6 is 11.3 Å². The number of amides is 1. The van der Waals surface area contributed by atoms with Gasteiger partial charge in [0.1, 0.15) is 10.7 Å². The van der Waals surface area contributed by atoms with Crippen molar-refractivity contribution < 1.29 is 14.0 Å². The Morgan fingerprint density at radius 2 is 2.11 bits per heavy atom. The van der Waals surface area contributed by atoms with Crippen molar-refractivity contribution in [2.24, 2.45) is 0 Å². The fraction of sp³-hybridized carbons (Fsp3) is 0.231. The molecule has 0 N–H and O–H groups in total. The highest BCUT2D eigenvalue weighted by molar-refractivity contribution is 7.13. The molecule has 1 aromatic heterocycles. The molecule has 4 nitrogen and oxygen atoms in total. The molecular formula is C13H13FN2O2S. The average Bonchev–Trinajstić information content (AvgIpc) is 2.88. The van der Waals surface area contributed by atoms with Gasteiger partial charge in [0.25, 0.3) is 5.91 Å². The number of rotatable bonds is 4. The minimum atomic E-state index is -0.263. The smallest absolute Gasteiger partial charge is 0.274 e. The Bertz CT molecular complexity index is 568. The number of carbonyl (C=O) groups is 1. The predicted octanol–water partition coefficient (Wildman–Crippen LogP) is 2.51. The molecule has 0 fully saturated rings. The van der Waals surface area contributed by atoms with Crippen molar-refractivity contribution in [3.63, 3.8) is 0 Å². The van der Waals surface area contributed by atoms with E-state index < -0.39 is 0 Å². The fourth-order valence-corrected chi connectivity index (χ4v) is 2.43. The third-order valence-corrected chi connectivity index (χ3v) is 3.58. The summed E-state index contributed by atoms with van der Waals surface area (Å²) in [5.74, 6) is -0.495. The second kappa shape index (κ2) is 5.90. The quantitative estimate of drug-likeness (QED) is 0.808. The summed E-state index contributed by atoms with van der Waals surface area (Å²) in [6.07, 6.45) is 2.11. The lowest BCUT2D eigenvalue weighted by molar-refractivity contribution is -0.0754. The van der Waals surface area contributed by atoms with Gasteiger partial charge in [-0.2, -0.15) is 0 Å². The molecule has 0 bridgehead atoms. The van der Waals surface area contributed by atoms with E-state index in [-0.39, 0.29) is 11.7 Å². The molecule has 1 aromatic carbocycles. The summed E-state index contributed by atoms with van der Waals surface area (Å²) in [7, 11) is 2.97. The largest absolute Gasteiger partial charge is 0.288 e. The molecule has 2 rings (SSSR count). The number of aromatic nitrogens is 1. The number of nitrogens with zero attached hydrogens (tertiary/aromatic N) is 2. The van der Waals surface area contributed by atoms with Gasteiger partial charge in [0.05, 0.1) is 18.3 Å². The number of thiazole rings is 1. The normalized spacial score (nSPS) is 10.5. The summed E-state index contributed by atoms with van der Waals surface area (Å²) in [6.45, 7) is 0. The second-order valence-electron chi connectivity index (χ2n) is 3.91. The van der Waals surface area contributed by atoms with Crippen molar-refractivity contribution in [2.45, 2.75) is 6.42 Å². The Kier molecular flexibility index (Phi) is 4.24. The van der Waals surface area contributed by atoms with E-state index in [1.807, 2.05) is 0 Å². The van der Waals surface area contributed by atoms with Gasteiger partial charge in [-0.15, -0.1) is 11.3 Å². The molecule has 0 radical (unpaired) electrons. The molecule has 0 aliphatic rings. The van der Waals surface area contributed by atoms with Gasteiger partial charge in [-0.1, -0.05) is 12.1 Å². The Morgan fingerprint density at radius 3 is 2.74 bits per heavy atom. The van der Waals surface area contributed by atoms with Crippen molar-refractivity contribution >= 4 is 17.2 Å². The molecule has 2 aromatic rings. The molecule has 1 heterocycles. The summed E-state index contributed by atoms with van der Waals surface area (Å²) in [5.41, 5.74) is 0.954. The Morgan fingerprint density at radius 1 is 1.42 bits per heavy atom. The van der Waals surface area contributed by atoms with Gasteiger partial charge in [0, 0.05) is 13.5 Å². The maximum atomic E-state index is 12.8. The molecule has 100 valence electrons. The summed E-state index contributed by atoms with van der Waals surface area (Å²) in [5, 5.41) is 1.95. The van der Waals surface area contributed by atoms with Crippen LogP contribution < -0.4 is 0 Å². The van der Waals surface area contributed by atoms with Gasteiger partial charge in [-0.3, -0.25) is 9.63 Å². The van der Waals surface area contributed by atoms with E-state index in [1.165, 1.54) is 36.8 Å². The van der Waals surface area contributed by atoms with Gasteiger partial charge in [-0.05, 0) is 17.7 Å². The number of hydrogen-bond donors (Lipinski definition) is 0. The molecular weight excluding hydrogens is 267 g/mol. The topological polar surface area (TPSA) is 42.4 Å². The number of hydroxylamine groups is 2. The number of halogens is 1. The van der Waals surface area contributed by atoms with E-state index in [4.69, 9.17) is 4.84 Å². The molecule has 0 saturated heterocycles. The van der Waals surface area contributed by atoms with Crippen LogP contribution in [0.2, 0.25) is 0 Å². The van der Waals surface area contributed by atoms with Gasteiger partial charge >= 0.3 is 0 Å². The van der Waals surface area contributed by atoms with Crippen LogP contribution in [0.3, 0.4) is 0 Å². The number of benzene rings is 1. The highest BCUT2D eigenvalue weighted by Crippen LogP contribution is 2.18.